The van der Waals surface area contributed by atoms with E-state index in [0.717, 1.165) is 6.07 Å². The third-order valence-electron chi connectivity index (χ3n) is 2.13. The number of aryl methyl sites for hydroxylation is 1. The quantitative estimate of drug-likeness (QED) is 0.626. The highest BCUT2D eigenvalue weighted by Crippen LogP contribution is 2.38. The van der Waals surface area contributed by atoms with Crippen molar-refractivity contribution in [3.05, 3.63) is 29.3 Å². The zero-order chi connectivity index (χ0) is 12.2. The summed E-state index contributed by atoms with van der Waals surface area (Å²) in [6.07, 6.45) is -2.60. The topological polar surface area (TPSA) is 24.4 Å². The normalized spacial score (nSPS) is 12.1. The Balaban J connectivity index is 3.32. The largest absolute Gasteiger partial charge is 0.418 e. The molecule has 0 spiro atoms. The van der Waals surface area contributed by atoms with Crippen molar-refractivity contribution in [2.75, 3.05) is 7.05 Å². The van der Waals surface area contributed by atoms with E-state index in [4.69, 9.17) is 0 Å². The van der Waals surface area contributed by atoms with Crippen molar-refractivity contribution in [2.24, 2.45) is 4.99 Å². The van der Waals surface area contributed by atoms with Crippen LogP contribution in [0, 0.1) is 0 Å². The van der Waals surface area contributed by atoms with Gasteiger partial charge in [-0.1, -0.05) is 19.1 Å². The molecule has 0 heterocycles. The molecule has 0 bridgehead atoms. The van der Waals surface area contributed by atoms with Crippen LogP contribution in [0.25, 0.3) is 0 Å². The highest BCUT2D eigenvalue weighted by Gasteiger charge is 2.34. The minimum atomic E-state index is -4.37. The molecule has 0 aliphatic rings. The van der Waals surface area contributed by atoms with Crippen LogP contribution in [0.1, 0.15) is 18.1 Å². The van der Waals surface area contributed by atoms with Crippen molar-refractivity contribution in [2.45, 2.75) is 19.5 Å². The molecule has 16 heavy (non-hydrogen) atoms. The summed E-state index contributed by atoms with van der Waals surface area (Å²) in [6, 6.07) is 4.10. The molecule has 88 valence electrons. The summed E-state index contributed by atoms with van der Waals surface area (Å²) in [7, 11) is 1.59. The fourth-order valence-corrected chi connectivity index (χ4v) is 1.39. The second-order valence-corrected chi connectivity index (χ2v) is 3.21. The fourth-order valence-electron chi connectivity index (χ4n) is 1.39. The summed E-state index contributed by atoms with van der Waals surface area (Å²) in [5.74, 6) is 0. The van der Waals surface area contributed by atoms with Gasteiger partial charge in [0, 0.05) is 7.05 Å². The fraction of sp³-hybridized carbons (Fsp3) is 0.364. The molecule has 1 rings (SSSR count). The van der Waals surface area contributed by atoms with Crippen LogP contribution in [0.3, 0.4) is 0 Å². The molecule has 1 N–H and O–H groups in total. The standard InChI is InChI=1S/C11H13F3N2/c1-3-8-5-4-6-9(11(12,13)14)10(8)16-7-15-2/h4-7H,3H2,1-2H3,(H,15,16). The molecule has 0 amide bonds. The Kier molecular flexibility index (Phi) is 3.93. The zero-order valence-electron chi connectivity index (χ0n) is 9.10. The molecule has 0 radical (unpaired) electrons. The lowest BCUT2D eigenvalue weighted by atomic mass is 10.1. The minimum Gasteiger partial charge on any atom is -0.379 e. The second-order valence-electron chi connectivity index (χ2n) is 3.21. The van der Waals surface area contributed by atoms with Gasteiger partial charge in [0.15, 0.2) is 0 Å². The molecule has 0 fully saturated rings. The zero-order valence-corrected chi connectivity index (χ0v) is 9.10. The lowest BCUT2D eigenvalue weighted by Gasteiger charge is -2.12. The van der Waals surface area contributed by atoms with Crippen molar-refractivity contribution in [1.29, 1.82) is 0 Å². The van der Waals surface area contributed by atoms with Crippen LogP contribution >= 0.6 is 0 Å². The van der Waals surface area contributed by atoms with Gasteiger partial charge in [0.25, 0.3) is 0 Å². The molecule has 5 heteroatoms. The van der Waals surface area contributed by atoms with Crippen LogP contribution in [-0.2, 0) is 12.6 Å². The van der Waals surface area contributed by atoms with E-state index in [2.05, 4.69) is 10.3 Å². The van der Waals surface area contributed by atoms with Crippen LogP contribution in [0.2, 0.25) is 0 Å². The van der Waals surface area contributed by atoms with Crippen LogP contribution in [0.4, 0.5) is 18.9 Å². The predicted molar refractivity (Wildman–Crippen MR) is 58.0 cm³/mol. The Morgan fingerprint density at radius 2 is 2.06 bits per heavy atom. The van der Waals surface area contributed by atoms with E-state index < -0.39 is 11.7 Å². The SMILES string of the molecule is CCc1cccc(C(F)(F)F)c1N=CNC. The van der Waals surface area contributed by atoms with E-state index in [1.54, 1.807) is 20.0 Å². The summed E-state index contributed by atoms with van der Waals surface area (Å²) in [4.78, 5) is 3.81. The Labute approximate surface area is 92.2 Å². The van der Waals surface area contributed by atoms with Gasteiger partial charge < -0.3 is 5.32 Å². The predicted octanol–water partition coefficient (Wildman–Crippen LogP) is 3.15. The first-order valence-corrected chi connectivity index (χ1v) is 4.89. The van der Waals surface area contributed by atoms with E-state index in [1.165, 1.54) is 12.4 Å². The molecule has 0 saturated heterocycles. The van der Waals surface area contributed by atoms with Crippen molar-refractivity contribution < 1.29 is 13.2 Å². The van der Waals surface area contributed by atoms with Gasteiger partial charge in [-0.05, 0) is 18.1 Å². The maximum atomic E-state index is 12.7. The number of hydrogen-bond donors (Lipinski definition) is 1. The van der Waals surface area contributed by atoms with Crippen molar-refractivity contribution in [3.63, 3.8) is 0 Å². The Hall–Kier alpha value is -1.52. The third kappa shape index (κ3) is 2.74. The lowest BCUT2D eigenvalue weighted by molar-refractivity contribution is -0.137. The van der Waals surface area contributed by atoms with Gasteiger partial charge in [0.2, 0.25) is 0 Å². The maximum Gasteiger partial charge on any atom is 0.418 e. The van der Waals surface area contributed by atoms with Gasteiger partial charge in [0.05, 0.1) is 17.6 Å². The Morgan fingerprint density at radius 3 is 2.56 bits per heavy atom. The average Bonchev–Trinajstić information content (AvgIpc) is 2.24. The average molecular weight is 230 g/mol. The Morgan fingerprint density at radius 1 is 1.38 bits per heavy atom. The van der Waals surface area contributed by atoms with Gasteiger partial charge in [-0.25, -0.2) is 4.99 Å². The van der Waals surface area contributed by atoms with Crippen LogP contribution in [-0.4, -0.2) is 13.4 Å². The molecule has 1 aromatic rings. The number of halogens is 3. The molecule has 0 aliphatic carbocycles. The number of nitrogens with zero attached hydrogens (tertiary/aromatic N) is 1. The Bertz CT molecular complexity index is 383. The molecule has 1 aromatic carbocycles. The number of alkyl halides is 3. The molecular weight excluding hydrogens is 217 g/mol. The molecule has 0 atom stereocenters. The van der Waals surface area contributed by atoms with E-state index in [0.29, 0.717) is 12.0 Å². The number of benzene rings is 1. The van der Waals surface area contributed by atoms with Crippen molar-refractivity contribution in [1.82, 2.24) is 5.32 Å². The monoisotopic (exact) mass is 230 g/mol. The van der Waals surface area contributed by atoms with Crippen molar-refractivity contribution in [3.8, 4) is 0 Å². The highest BCUT2D eigenvalue weighted by molar-refractivity contribution is 5.65. The summed E-state index contributed by atoms with van der Waals surface area (Å²) in [6.45, 7) is 1.80. The summed E-state index contributed by atoms with van der Waals surface area (Å²) in [5, 5.41) is 2.59. The molecule has 0 saturated carbocycles. The van der Waals surface area contributed by atoms with E-state index >= 15 is 0 Å². The van der Waals surface area contributed by atoms with Gasteiger partial charge in [-0.2, -0.15) is 13.2 Å². The minimum absolute atomic E-state index is 0.00755. The van der Waals surface area contributed by atoms with Crippen LogP contribution in [0.15, 0.2) is 23.2 Å². The number of nitrogens with one attached hydrogen (secondary N) is 1. The summed E-state index contributed by atoms with van der Waals surface area (Å²) in [5.41, 5.74) is -0.119. The van der Waals surface area contributed by atoms with Crippen LogP contribution in [0.5, 0.6) is 0 Å². The summed E-state index contributed by atoms with van der Waals surface area (Å²) >= 11 is 0. The lowest BCUT2D eigenvalue weighted by Crippen LogP contribution is -2.07. The smallest absolute Gasteiger partial charge is 0.379 e. The van der Waals surface area contributed by atoms with Gasteiger partial charge in [-0.3, -0.25) is 0 Å². The van der Waals surface area contributed by atoms with Gasteiger partial charge in [0.1, 0.15) is 0 Å². The maximum absolute atomic E-state index is 12.7. The first-order chi connectivity index (χ1) is 7.50. The molecule has 0 aliphatic heterocycles. The highest BCUT2D eigenvalue weighted by atomic mass is 19.4. The third-order valence-corrected chi connectivity index (χ3v) is 2.13. The molecular formula is C11H13F3N2. The number of hydrogen-bond acceptors (Lipinski definition) is 1. The van der Waals surface area contributed by atoms with E-state index in [1.807, 2.05) is 0 Å². The van der Waals surface area contributed by atoms with E-state index in [9.17, 15) is 13.2 Å². The second kappa shape index (κ2) is 5.01. The number of rotatable bonds is 3. The molecule has 0 aromatic heterocycles. The van der Waals surface area contributed by atoms with Crippen molar-refractivity contribution >= 4 is 12.0 Å². The first kappa shape index (κ1) is 12.5. The molecule has 2 nitrogen and oxygen atoms in total. The summed E-state index contributed by atoms with van der Waals surface area (Å²) < 4.78 is 38.1. The molecule has 0 unspecified atom stereocenters. The van der Waals surface area contributed by atoms with Crippen LogP contribution < -0.4 is 5.32 Å². The first-order valence-electron chi connectivity index (χ1n) is 4.89. The number of para-hydroxylation sites is 1. The van der Waals surface area contributed by atoms with Gasteiger partial charge >= 0.3 is 6.18 Å². The van der Waals surface area contributed by atoms with E-state index in [-0.39, 0.29) is 5.69 Å². The van der Waals surface area contributed by atoms with Gasteiger partial charge in [-0.15, -0.1) is 0 Å². The number of aliphatic imine (C=N–C) groups is 1.